The van der Waals surface area contributed by atoms with E-state index >= 15 is 0 Å². The summed E-state index contributed by atoms with van der Waals surface area (Å²) in [6, 6.07) is 6.04. The summed E-state index contributed by atoms with van der Waals surface area (Å²) in [5.41, 5.74) is 1.13. The van der Waals surface area contributed by atoms with E-state index in [0.29, 0.717) is 18.6 Å². The van der Waals surface area contributed by atoms with Crippen LogP contribution in [-0.2, 0) is 0 Å². The highest BCUT2D eigenvalue weighted by atomic mass is 19.1. The lowest BCUT2D eigenvalue weighted by Gasteiger charge is -2.37. The Morgan fingerprint density at radius 1 is 1.33 bits per heavy atom. The molecule has 0 saturated carbocycles. The van der Waals surface area contributed by atoms with Crippen LogP contribution in [0.1, 0.15) is 48.5 Å². The molecule has 0 aromatic heterocycles. The second kappa shape index (κ2) is 5.76. The molecule has 2 heterocycles. The maximum atomic E-state index is 14.0. The summed E-state index contributed by atoms with van der Waals surface area (Å²) in [5, 5.41) is 3.59. The third kappa shape index (κ3) is 2.82. The zero-order valence-corrected chi connectivity index (χ0v) is 12.7. The molecule has 1 N–H and O–H groups in total. The van der Waals surface area contributed by atoms with Crippen molar-refractivity contribution in [2.24, 2.45) is 0 Å². The van der Waals surface area contributed by atoms with Crippen LogP contribution in [0.25, 0.3) is 0 Å². The van der Waals surface area contributed by atoms with Gasteiger partial charge < -0.3 is 10.2 Å². The first-order chi connectivity index (χ1) is 10.1. The average Bonchev–Trinajstić information content (AvgIpc) is 2.81. The van der Waals surface area contributed by atoms with Crippen LogP contribution in [-0.4, -0.2) is 35.5 Å². The fraction of sp³-hybridized carbons (Fsp3) is 0.588. The molecule has 1 aromatic carbocycles. The number of fused-ring (bicyclic) bond motifs is 2. The van der Waals surface area contributed by atoms with Crippen molar-refractivity contribution in [3.05, 3.63) is 35.1 Å². The van der Waals surface area contributed by atoms with Gasteiger partial charge in [-0.05, 0) is 51.7 Å². The predicted molar refractivity (Wildman–Crippen MR) is 80.8 cm³/mol. The molecule has 2 bridgehead atoms. The number of halogens is 1. The lowest BCUT2D eigenvalue weighted by molar-refractivity contribution is 0.0626. The summed E-state index contributed by atoms with van der Waals surface area (Å²) in [4.78, 5) is 14.6. The molecule has 0 aliphatic carbocycles. The Bertz CT molecular complexity index is 534. The molecule has 21 heavy (non-hydrogen) atoms. The van der Waals surface area contributed by atoms with Gasteiger partial charge in [0.1, 0.15) is 5.82 Å². The van der Waals surface area contributed by atoms with Crippen molar-refractivity contribution < 1.29 is 9.18 Å². The normalized spacial score (nSPS) is 27.7. The monoisotopic (exact) mass is 290 g/mol. The van der Waals surface area contributed by atoms with Gasteiger partial charge in [0, 0.05) is 24.7 Å². The van der Waals surface area contributed by atoms with E-state index in [0.717, 1.165) is 18.4 Å². The highest BCUT2D eigenvalue weighted by Gasteiger charge is 2.37. The van der Waals surface area contributed by atoms with Crippen LogP contribution < -0.4 is 5.32 Å². The molecule has 2 atom stereocenters. The number of nitrogens with one attached hydrogen (secondary N) is 1. The Kier molecular flexibility index (Phi) is 3.98. The molecule has 1 amide bonds. The van der Waals surface area contributed by atoms with Crippen molar-refractivity contribution in [2.45, 2.75) is 57.7 Å². The standard InChI is InChI=1S/C17H23FN2O/c1-3-20(14-9-12-5-6-13(10-14)19-12)17(21)15-8-11(2)4-7-16(15)18/h4,7-8,12-14,19H,3,5-6,9-10H2,1-2H3. The van der Waals surface area contributed by atoms with Gasteiger partial charge in [0.25, 0.3) is 5.91 Å². The number of amides is 1. The summed E-state index contributed by atoms with van der Waals surface area (Å²) in [6.07, 6.45) is 4.38. The van der Waals surface area contributed by atoms with Crippen LogP contribution in [0.15, 0.2) is 18.2 Å². The Morgan fingerprint density at radius 3 is 2.62 bits per heavy atom. The Morgan fingerprint density at radius 2 is 2.00 bits per heavy atom. The molecule has 3 nitrogen and oxygen atoms in total. The van der Waals surface area contributed by atoms with Crippen LogP contribution in [0.4, 0.5) is 4.39 Å². The molecule has 4 heteroatoms. The summed E-state index contributed by atoms with van der Waals surface area (Å²) < 4.78 is 14.0. The lowest BCUT2D eigenvalue weighted by Crippen LogP contribution is -2.50. The minimum absolute atomic E-state index is 0.162. The first kappa shape index (κ1) is 14.5. The van der Waals surface area contributed by atoms with Gasteiger partial charge >= 0.3 is 0 Å². The van der Waals surface area contributed by atoms with E-state index in [2.05, 4.69) is 5.32 Å². The van der Waals surface area contributed by atoms with E-state index in [1.807, 2.05) is 18.7 Å². The summed E-state index contributed by atoms with van der Waals surface area (Å²) >= 11 is 0. The van der Waals surface area contributed by atoms with E-state index in [1.165, 1.54) is 18.9 Å². The first-order valence-electron chi connectivity index (χ1n) is 7.91. The van der Waals surface area contributed by atoms with Crippen molar-refractivity contribution in [3.8, 4) is 0 Å². The Balaban J connectivity index is 1.82. The average molecular weight is 290 g/mol. The largest absolute Gasteiger partial charge is 0.336 e. The molecule has 2 saturated heterocycles. The predicted octanol–water partition coefficient (Wildman–Crippen LogP) is 2.88. The van der Waals surface area contributed by atoms with Gasteiger partial charge in [-0.2, -0.15) is 0 Å². The van der Waals surface area contributed by atoms with E-state index in [9.17, 15) is 9.18 Å². The number of hydrogen-bond acceptors (Lipinski definition) is 2. The summed E-state index contributed by atoms with van der Waals surface area (Å²) in [7, 11) is 0. The van der Waals surface area contributed by atoms with Gasteiger partial charge in [-0.25, -0.2) is 4.39 Å². The highest BCUT2D eigenvalue weighted by molar-refractivity contribution is 5.95. The molecule has 2 aliphatic rings. The van der Waals surface area contributed by atoms with Crippen molar-refractivity contribution in [3.63, 3.8) is 0 Å². The summed E-state index contributed by atoms with van der Waals surface area (Å²) in [5.74, 6) is -0.578. The van der Waals surface area contributed by atoms with E-state index in [1.54, 1.807) is 12.1 Å². The molecule has 2 fully saturated rings. The maximum absolute atomic E-state index is 14.0. The number of nitrogens with zero attached hydrogens (tertiary/aromatic N) is 1. The second-order valence-electron chi connectivity index (χ2n) is 6.34. The molecular weight excluding hydrogens is 267 g/mol. The number of carbonyl (C=O) groups excluding carboxylic acids is 1. The third-order valence-corrected chi connectivity index (χ3v) is 4.84. The molecule has 3 rings (SSSR count). The minimum Gasteiger partial charge on any atom is -0.336 e. The van der Waals surface area contributed by atoms with Crippen LogP contribution in [0.5, 0.6) is 0 Å². The van der Waals surface area contributed by atoms with Crippen LogP contribution in [0.3, 0.4) is 0 Å². The van der Waals surface area contributed by atoms with E-state index in [-0.39, 0.29) is 17.5 Å². The van der Waals surface area contributed by atoms with Crippen molar-refractivity contribution in [1.82, 2.24) is 10.2 Å². The quantitative estimate of drug-likeness (QED) is 0.928. The number of benzene rings is 1. The lowest BCUT2D eigenvalue weighted by atomic mass is 9.97. The van der Waals surface area contributed by atoms with Crippen molar-refractivity contribution in [1.29, 1.82) is 0 Å². The zero-order chi connectivity index (χ0) is 15.0. The SMILES string of the molecule is CCN(C(=O)c1cc(C)ccc1F)C1CC2CCC(C1)N2. The van der Waals surface area contributed by atoms with Gasteiger partial charge in [0.05, 0.1) is 5.56 Å². The van der Waals surface area contributed by atoms with E-state index in [4.69, 9.17) is 0 Å². The third-order valence-electron chi connectivity index (χ3n) is 4.84. The number of aryl methyl sites for hydroxylation is 1. The molecule has 0 spiro atoms. The van der Waals surface area contributed by atoms with Gasteiger partial charge in [0.2, 0.25) is 0 Å². The number of rotatable bonds is 3. The summed E-state index contributed by atoms with van der Waals surface area (Å²) in [6.45, 7) is 4.50. The first-order valence-corrected chi connectivity index (χ1v) is 7.91. The fourth-order valence-electron chi connectivity index (χ4n) is 3.81. The van der Waals surface area contributed by atoms with Gasteiger partial charge in [-0.15, -0.1) is 0 Å². The van der Waals surface area contributed by atoms with Crippen LogP contribution >= 0.6 is 0 Å². The Labute approximate surface area is 125 Å². The van der Waals surface area contributed by atoms with Crippen LogP contribution in [0, 0.1) is 12.7 Å². The maximum Gasteiger partial charge on any atom is 0.257 e. The molecular formula is C17H23FN2O. The fourth-order valence-corrected chi connectivity index (χ4v) is 3.81. The molecule has 2 aliphatic heterocycles. The van der Waals surface area contributed by atoms with Gasteiger partial charge in [0.15, 0.2) is 0 Å². The zero-order valence-electron chi connectivity index (χ0n) is 12.7. The van der Waals surface area contributed by atoms with Gasteiger partial charge in [-0.1, -0.05) is 11.6 Å². The topological polar surface area (TPSA) is 32.3 Å². The van der Waals surface area contributed by atoms with Crippen molar-refractivity contribution in [2.75, 3.05) is 6.54 Å². The smallest absolute Gasteiger partial charge is 0.257 e. The van der Waals surface area contributed by atoms with Crippen molar-refractivity contribution >= 4 is 5.91 Å². The number of piperidine rings is 1. The molecule has 1 aromatic rings. The van der Waals surface area contributed by atoms with Crippen LogP contribution in [0.2, 0.25) is 0 Å². The number of carbonyl (C=O) groups is 1. The van der Waals surface area contributed by atoms with E-state index < -0.39 is 5.82 Å². The Hall–Kier alpha value is -1.42. The highest BCUT2D eigenvalue weighted by Crippen LogP contribution is 2.30. The minimum atomic E-state index is -0.416. The molecule has 2 unspecified atom stereocenters. The number of hydrogen-bond donors (Lipinski definition) is 1. The second-order valence-corrected chi connectivity index (χ2v) is 6.34. The van der Waals surface area contributed by atoms with Gasteiger partial charge in [-0.3, -0.25) is 4.79 Å². The molecule has 0 radical (unpaired) electrons. The molecule has 114 valence electrons.